The number of piperidine rings is 1. The smallest absolute Gasteiger partial charge is 0.161 e. The molecule has 0 unspecified atom stereocenters. The monoisotopic (exact) mass is 475 g/mol. The summed E-state index contributed by atoms with van der Waals surface area (Å²) in [6, 6.07) is 13.0. The molecule has 0 aliphatic carbocycles. The summed E-state index contributed by atoms with van der Waals surface area (Å²) in [6.07, 6.45) is 12.8. The van der Waals surface area contributed by atoms with E-state index in [1.54, 1.807) is 7.11 Å². The van der Waals surface area contributed by atoms with E-state index in [1.807, 2.05) is 18.3 Å². The Labute approximate surface area is 208 Å². The molecule has 0 spiro atoms. The van der Waals surface area contributed by atoms with Crippen LogP contribution in [0.25, 0.3) is 0 Å². The number of methoxy groups -OCH3 is 1. The van der Waals surface area contributed by atoms with E-state index in [4.69, 9.17) is 14.5 Å². The summed E-state index contributed by atoms with van der Waals surface area (Å²) in [5, 5.41) is 0. The highest BCUT2D eigenvalue weighted by molar-refractivity contribution is 5.44. The molecule has 2 aliphatic heterocycles. The zero-order valence-corrected chi connectivity index (χ0v) is 20.8. The molecule has 4 heterocycles. The van der Waals surface area contributed by atoms with Crippen LogP contribution in [0.2, 0.25) is 0 Å². The van der Waals surface area contributed by atoms with Crippen molar-refractivity contribution in [2.45, 2.75) is 44.6 Å². The highest BCUT2D eigenvalue weighted by atomic mass is 16.5. The van der Waals surface area contributed by atoms with Crippen molar-refractivity contribution in [3.05, 3.63) is 66.4 Å². The molecule has 0 saturated carbocycles. The van der Waals surface area contributed by atoms with Crippen LogP contribution >= 0.6 is 0 Å². The molecule has 2 fully saturated rings. The second-order valence-corrected chi connectivity index (χ2v) is 9.59. The summed E-state index contributed by atoms with van der Waals surface area (Å²) in [7, 11) is 1.69. The second kappa shape index (κ2) is 11.6. The second-order valence-electron chi connectivity index (χ2n) is 9.59. The molecule has 2 aromatic heterocycles. The molecular weight excluding hydrogens is 438 g/mol. The molecular formula is C28H37N5O2. The van der Waals surface area contributed by atoms with E-state index in [2.05, 4.69) is 56.0 Å². The van der Waals surface area contributed by atoms with E-state index in [-0.39, 0.29) is 0 Å². The number of nitrogens with zero attached hydrogens (tertiary/aromatic N) is 5. The lowest BCUT2D eigenvalue weighted by Gasteiger charge is -2.33. The maximum atomic E-state index is 6.12. The first-order chi connectivity index (χ1) is 17.3. The fourth-order valence-electron chi connectivity index (χ4n) is 5.24. The van der Waals surface area contributed by atoms with E-state index in [0.29, 0.717) is 19.1 Å². The zero-order valence-electron chi connectivity index (χ0n) is 20.8. The topological polar surface area (TPSA) is 55.6 Å². The number of hydrogen-bond donors (Lipinski definition) is 0. The summed E-state index contributed by atoms with van der Waals surface area (Å²) in [4.78, 5) is 14.4. The number of rotatable bonds is 10. The molecule has 0 N–H and O–H groups in total. The van der Waals surface area contributed by atoms with Gasteiger partial charge >= 0.3 is 0 Å². The first-order valence-electron chi connectivity index (χ1n) is 13.0. The molecule has 0 bridgehead atoms. The molecule has 3 aromatic rings. The quantitative estimate of drug-likeness (QED) is 0.400. The van der Waals surface area contributed by atoms with Crippen molar-refractivity contribution in [1.82, 2.24) is 19.4 Å². The zero-order chi connectivity index (χ0) is 23.9. The minimum absolute atomic E-state index is 0.579. The molecule has 186 valence electrons. The van der Waals surface area contributed by atoms with Crippen LogP contribution in [0.4, 0.5) is 5.82 Å². The van der Waals surface area contributed by atoms with Crippen molar-refractivity contribution in [2.75, 3.05) is 51.3 Å². The first kappa shape index (κ1) is 23.7. The third kappa shape index (κ3) is 6.14. The molecule has 35 heavy (non-hydrogen) atoms. The Morgan fingerprint density at radius 1 is 0.971 bits per heavy atom. The van der Waals surface area contributed by atoms with Crippen molar-refractivity contribution < 1.29 is 9.47 Å². The molecule has 7 nitrogen and oxygen atoms in total. The number of benzene rings is 1. The van der Waals surface area contributed by atoms with Gasteiger partial charge < -0.3 is 23.8 Å². The summed E-state index contributed by atoms with van der Waals surface area (Å²) in [5.74, 6) is 3.43. The van der Waals surface area contributed by atoms with Gasteiger partial charge in [0, 0.05) is 50.7 Å². The fourth-order valence-corrected chi connectivity index (χ4v) is 5.24. The third-order valence-corrected chi connectivity index (χ3v) is 7.19. The average molecular weight is 476 g/mol. The van der Waals surface area contributed by atoms with Gasteiger partial charge in [-0.15, -0.1) is 0 Å². The summed E-state index contributed by atoms with van der Waals surface area (Å²) in [6.45, 7) is 6.27. The van der Waals surface area contributed by atoms with E-state index in [9.17, 15) is 0 Å². The van der Waals surface area contributed by atoms with Gasteiger partial charge in [-0.25, -0.2) is 9.97 Å². The maximum absolute atomic E-state index is 6.12. The van der Waals surface area contributed by atoms with Crippen molar-refractivity contribution >= 4 is 5.82 Å². The van der Waals surface area contributed by atoms with Crippen LogP contribution in [0.5, 0.6) is 11.5 Å². The molecule has 1 aromatic carbocycles. The average Bonchev–Trinajstić information content (AvgIpc) is 3.62. The molecule has 0 atom stereocenters. The lowest BCUT2D eigenvalue weighted by atomic mass is 10.0. The number of ether oxygens (including phenoxy) is 2. The van der Waals surface area contributed by atoms with Gasteiger partial charge in [0.05, 0.1) is 13.7 Å². The molecule has 7 heteroatoms. The van der Waals surface area contributed by atoms with Gasteiger partial charge in [-0.2, -0.15) is 0 Å². The van der Waals surface area contributed by atoms with E-state index in [1.165, 1.54) is 25.9 Å². The van der Waals surface area contributed by atoms with Crippen LogP contribution in [0, 0.1) is 0 Å². The summed E-state index contributed by atoms with van der Waals surface area (Å²) < 4.78 is 14.0. The van der Waals surface area contributed by atoms with Crippen LogP contribution in [0.3, 0.4) is 0 Å². The fraction of sp³-hybridized carbons (Fsp3) is 0.500. The minimum Gasteiger partial charge on any atom is -0.493 e. The Hall–Kier alpha value is -3.06. The van der Waals surface area contributed by atoms with Gasteiger partial charge in [0.15, 0.2) is 11.5 Å². The SMILES string of the molecule is COc1ccc(Cc2nccc(N3CCC(n4cccc4)CC3)n2)cc1OCCCN1CCCC1. The number of aromatic nitrogens is 3. The van der Waals surface area contributed by atoms with Gasteiger partial charge in [0.2, 0.25) is 0 Å². The van der Waals surface area contributed by atoms with Crippen molar-refractivity contribution in [3.8, 4) is 11.5 Å². The lowest BCUT2D eigenvalue weighted by Crippen LogP contribution is -2.35. The Kier molecular flexibility index (Phi) is 7.83. The predicted octanol–water partition coefficient (Wildman–Crippen LogP) is 4.58. The number of anilines is 1. The summed E-state index contributed by atoms with van der Waals surface area (Å²) >= 11 is 0. The first-order valence-corrected chi connectivity index (χ1v) is 13.0. The van der Waals surface area contributed by atoms with E-state index in [0.717, 1.165) is 67.6 Å². The van der Waals surface area contributed by atoms with Gasteiger partial charge in [0.25, 0.3) is 0 Å². The minimum atomic E-state index is 0.579. The van der Waals surface area contributed by atoms with Crippen LogP contribution in [-0.2, 0) is 6.42 Å². The van der Waals surface area contributed by atoms with Crippen LogP contribution < -0.4 is 14.4 Å². The maximum Gasteiger partial charge on any atom is 0.161 e. The van der Waals surface area contributed by atoms with Crippen molar-refractivity contribution in [2.24, 2.45) is 0 Å². The standard InChI is InChI=1S/C28H37N5O2/c1-34-25-8-7-23(21-26(25)35-20-6-15-31-13-2-3-14-31)22-27-29-12-9-28(30-27)33-18-10-24(11-19-33)32-16-4-5-17-32/h4-5,7-9,12,16-17,21,24H,2-3,6,10-11,13-15,18-20,22H2,1H3. The molecule has 2 saturated heterocycles. The van der Waals surface area contributed by atoms with E-state index >= 15 is 0 Å². The van der Waals surface area contributed by atoms with Crippen molar-refractivity contribution in [3.63, 3.8) is 0 Å². The van der Waals surface area contributed by atoms with Crippen LogP contribution in [-0.4, -0.2) is 65.9 Å². The van der Waals surface area contributed by atoms with E-state index < -0.39 is 0 Å². The molecule has 5 rings (SSSR count). The van der Waals surface area contributed by atoms with Crippen molar-refractivity contribution in [1.29, 1.82) is 0 Å². The lowest BCUT2D eigenvalue weighted by molar-refractivity contribution is 0.254. The van der Waals surface area contributed by atoms with Gasteiger partial charge in [-0.1, -0.05) is 6.07 Å². The normalized spacial score (nSPS) is 17.1. The van der Waals surface area contributed by atoms with Crippen LogP contribution in [0.15, 0.2) is 55.0 Å². The highest BCUT2D eigenvalue weighted by Gasteiger charge is 2.21. The molecule has 0 radical (unpaired) electrons. The third-order valence-electron chi connectivity index (χ3n) is 7.19. The molecule has 0 amide bonds. The van der Waals surface area contributed by atoms with Gasteiger partial charge in [-0.3, -0.25) is 0 Å². The highest BCUT2D eigenvalue weighted by Crippen LogP contribution is 2.30. The Bertz CT molecular complexity index is 1060. The van der Waals surface area contributed by atoms with Crippen LogP contribution in [0.1, 0.15) is 49.5 Å². The Morgan fingerprint density at radius 3 is 2.54 bits per heavy atom. The number of likely N-dealkylation sites (tertiary alicyclic amines) is 1. The predicted molar refractivity (Wildman–Crippen MR) is 139 cm³/mol. The number of hydrogen-bond acceptors (Lipinski definition) is 6. The Morgan fingerprint density at radius 2 is 1.77 bits per heavy atom. The molecule has 2 aliphatic rings. The summed E-state index contributed by atoms with van der Waals surface area (Å²) in [5.41, 5.74) is 1.13. The van der Waals surface area contributed by atoms with Gasteiger partial charge in [0.1, 0.15) is 11.6 Å². The van der Waals surface area contributed by atoms with Gasteiger partial charge in [-0.05, 0) is 81.1 Å². The Balaban J connectivity index is 1.18. The largest absolute Gasteiger partial charge is 0.493 e.